The minimum absolute atomic E-state index is 0.735. The van der Waals surface area contributed by atoms with Crippen molar-refractivity contribution >= 4 is 12.0 Å². The van der Waals surface area contributed by atoms with E-state index in [1.807, 2.05) is 31.2 Å². The van der Waals surface area contributed by atoms with Crippen molar-refractivity contribution in [3.8, 4) is 0 Å². The molecule has 104 valence electrons. The van der Waals surface area contributed by atoms with E-state index < -0.39 is 0 Å². The highest BCUT2D eigenvalue weighted by atomic mass is 16.5. The molecule has 2 rings (SSSR count). The molecule has 4 heteroatoms. The Hall–Kier alpha value is -1.39. The summed E-state index contributed by atoms with van der Waals surface area (Å²) in [5, 5.41) is 0. The molecule has 1 aliphatic heterocycles. The Morgan fingerprint density at radius 3 is 2.42 bits per heavy atom. The highest BCUT2D eigenvalue weighted by Crippen LogP contribution is 2.16. The zero-order valence-corrected chi connectivity index (χ0v) is 11.5. The predicted molar refractivity (Wildman–Crippen MR) is 77.0 cm³/mol. The van der Waals surface area contributed by atoms with Gasteiger partial charge in [0.1, 0.15) is 6.29 Å². The SMILES string of the molecule is CCOCCN1CCN(c2ccc(C=O)cc2)CC1. The molecule has 0 radical (unpaired) electrons. The van der Waals surface area contributed by atoms with Gasteiger partial charge in [-0.1, -0.05) is 0 Å². The number of piperazine rings is 1. The van der Waals surface area contributed by atoms with Crippen LogP contribution >= 0.6 is 0 Å². The number of carbonyl (C=O) groups excluding carboxylic acids is 1. The molecule has 1 fully saturated rings. The smallest absolute Gasteiger partial charge is 0.150 e. The summed E-state index contributed by atoms with van der Waals surface area (Å²) < 4.78 is 5.38. The Labute approximate surface area is 115 Å². The number of anilines is 1. The maximum absolute atomic E-state index is 10.6. The van der Waals surface area contributed by atoms with Crippen molar-refractivity contribution in [3.05, 3.63) is 29.8 Å². The van der Waals surface area contributed by atoms with Crippen LogP contribution in [0.3, 0.4) is 0 Å². The number of nitrogens with zero attached hydrogens (tertiary/aromatic N) is 2. The second kappa shape index (κ2) is 7.26. The van der Waals surface area contributed by atoms with Gasteiger partial charge in [-0.2, -0.15) is 0 Å². The van der Waals surface area contributed by atoms with E-state index in [-0.39, 0.29) is 0 Å². The van der Waals surface area contributed by atoms with Crippen LogP contribution in [0.2, 0.25) is 0 Å². The lowest BCUT2D eigenvalue weighted by molar-refractivity contribution is 0.111. The maximum atomic E-state index is 10.6. The molecular weight excluding hydrogens is 240 g/mol. The fraction of sp³-hybridized carbons (Fsp3) is 0.533. The third kappa shape index (κ3) is 4.04. The third-order valence-electron chi connectivity index (χ3n) is 3.52. The number of benzene rings is 1. The summed E-state index contributed by atoms with van der Waals surface area (Å²) in [4.78, 5) is 15.4. The first-order valence-corrected chi connectivity index (χ1v) is 6.93. The number of rotatable bonds is 6. The molecule has 0 aromatic heterocycles. The normalized spacial score (nSPS) is 16.6. The molecule has 1 aromatic rings. The zero-order valence-electron chi connectivity index (χ0n) is 11.5. The van der Waals surface area contributed by atoms with Gasteiger partial charge in [0.2, 0.25) is 0 Å². The van der Waals surface area contributed by atoms with Crippen LogP contribution in [0.15, 0.2) is 24.3 Å². The Morgan fingerprint density at radius 1 is 1.16 bits per heavy atom. The third-order valence-corrected chi connectivity index (χ3v) is 3.52. The first-order chi connectivity index (χ1) is 9.33. The van der Waals surface area contributed by atoms with E-state index in [0.717, 1.165) is 57.8 Å². The molecule has 0 bridgehead atoms. The molecule has 0 saturated carbocycles. The van der Waals surface area contributed by atoms with Gasteiger partial charge in [0.25, 0.3) is 0 Å². The van der Waals surface area contributed by atoms with Crippen LogP contribution in [0.5, 0.6) is 0 Å². The van der Waals surface area contributed by atoms with E-state index in [4.69, 9.17) is 4.74 Å². The summed E-state index contributed by atoms with van der Waals surface area (Å²) in [7, 11) is 0. The minimum atomic E-state index is 0.735. The van der Waals surface area contributed by atoms with Crippen molar-refractivity contribution in [3.63, 3.8) is 0 Å². The van der Waals surface area contributed by atoms with Gasteiger partial charge >= 0.3 is 0 Å². The molecule has 4 nitrogen and oxygen atoms in total. The van der Waals surface area contributed by atoms with Gasteiger partial charge in [-0.25, -0.2) is 0 Å². The first kappa shape index (κ1) is 14.0. The average molecular weight is 262 g/mol. The molecule has 0 aliphatic carbocycles. The number of ether oxygens (including phenoxy) is 1. The number of hydrogen-bond donors (Lipinski definition) is 0. The number of hydrogen-bond acceptors (Lipinski definition) is 4. The molecule has 1 heterocycles. The first-order valence-electron chi connectivity index (χ1n) is 6.93. The molecule has 1 aliphatic rings. The van der Waals surface area contributed by atoms with Crippen molar-refractivity contribution in [2.45, 2.75) is 6.92 Å². The van der Waals surface area contributed by atoms with Crippen molar-refractivity contribution in [1.82, 2.24) is 4.90 Å². The molecule has 0 atom stereocenters. The lowest BCUT2D eigenvalue weighted by Crippen LogP contribution is -2.47. The fourth-order valence-corrected chi connectivity index (χ4v) is 2.33. The average Bonchev–Trinajstić information content (AvgIpc) is 2.48. The monoisotopic (exact) mass is 262 g/mol. The predicted octanol–water partition coefficient (Wildman–Crippen LogP) is 1.66. The summed E-state index contributed by atoms with van der Waals surface area (Å²) in [5.41, 5.74) is 1.94. The number of aldehydes is 1. The molecule has 0 N–H and O–H groups in total. The van der Waals surface area contributed by atoms with Crippen molar-refractivity contribution < 1.29 is 9.53 Å². The summed E-state index contributed by atoms with van der Waals surface area (Å²) in [5.74, 6) is 0. The Kier molecular flexibility index (Phi) is 5.36. The van der Waals surface area contributed by atoms with Gasteiger partial charge in [0.05, 0.1) is 6.61 Å². The van der Waals surface area contributed by atoms with E-state index in [1.165, 1.54) is 5.69 Å². The van der Waals surface area contributed by atoms with E-state index in [1.54, 1.807) is 0 Å². The van der Waals surface area contributed by atoms with Crippen LogP contribution in [0.1, 0.15) is 17.3 Å². The summed E-state index contributed by atoms with van der Waals surface area (Å²) in [6.45, 7) is 8.88. The standard InChI is InChI=1S/C15H22N2O2/c1-2-19-12-11-16-7-9-17(10-8-16)15-5-3-14(13-18)4-6-15/h3-6,13H,2,7-12H2,1H3. The van der Waals surface area contributed by atoms with Crippen molar-refractivity contribution in [1.29, 1.82) is 0 Å². The largest absolute Gasteiger partial charge is 0.380 e. The molecule has 0 spiro atoms. The van der Waals surface area contributed by atoms with Crippen LogP contribution in [0, 0.1) is 0 Å². The van der Waals surface area contributed by atoms with Crippen molar-refractivity contribution in [2.75, 3.05) is 50.8 Å². The lowest BCUT2D eigenvalue weighted by Gasteiger charge is -2.36. The van der Waals surface area contributed by atoms with Gasteiger partial charge in [0.15, 0.2) is 0 Å². The van der Waals surface area contributed by atoms with Crippen molar-refractivity contribution in [2.24, 2.45) is 0 Å². The van der Waals surface area contributed by atoms with E-state index in [2.05, 4.69) is 9.80 Å². The van der Waals surface area contributed by atoms with Gasteiger partial charge in [-0.3, -0.25) is 9.69 Å². The fourth-order valence-electron chi connectivity index (χ4n) is 2.33. The van der Waals surface area contributed by atoms with E-state index >= 15 is 0 Å². The van der Waals surface area contributed by atoms with Gasteiger partial charge < -0.3 is 9.64 Å². The van der Waals surface area contributed by atoms with E-state index in [0.29, 0.717) is 0 Å². The summed E-state index contributed by atoms with van der Waals surface area (Å²) in [6.07, 6.45) is 0.884. The maximum Gasteiger partial charge on any atom is 0.150 e. The molecule has 0 unspecified atom stereocenters. The number of carbonyl (C=O) groups is 1. The second-order valence-electron chi connectivity index (χ2n) is 4.73. The Bertz CT molecular complexity index is 384. The highest BCUT2D eigenvalue weighted by Gasteiger charge is 2.16. The molecule has 19 heavy (non-hydrogen) atoms. The van der Waals surface area contributed by atoms with Crippen LogP contribution < -0.4 is 4.90 Å². The summed E-state index contributed by atoms with van der Waals surface area (Å²) >= 11 is 0. The van der Waals surface area contributed by atoms with Gasteiger partial charge in [-0.15, -0.1) is 0 Å². The Morgan fingerprint density at radius 2 is 1.84 bits per heavy atom. The minimum Gasteiger partial charge on any atom is -0.380 e. The topological polar surface area (TPSA) is 32.8 Å². The van der Waals surface area contributed by atoms with Gasteiger partial charge in [-0.05, 0) is 31.2 Å². The molecule has 1 saturated heterocycles. The van der Waals surface area contributed by atoms with E-state index in [9.17, 15) is 4.79 Å². The quantitative estimate of drug-likeness (QED) is 0.576. The zero-order chi connectivity index (χ0) is 13.5. The summed E-state index contributed by atoms with van der Waals surface area (Å²) in [6, 6.07) is 7.81. The lowest BCUT2D eigenvalue weighted by atomic mass is 10.2. The van der Waals surface area contributed by atoms with Crippen LogP contribution in [0.4, 0.5) is 5.69 Å². The van der Waals surface area contributed by atoms with Crippen LogP contribution in [-0.4, -0.2) is 57.1 Å². The Balaban J connectivity index is 1.80. The van der Waals surface area contributed by atoms with Crippen LogP contribution in [-0.2, 0) is 4.74 Å². The highest BCUT2D eigenvalue weighted by molar-refractivity contribution is 5.75. The van der Waals surface area contributed by atoms with Gasteiger partial charge in [0, 0.05) is 50.6 Å². The second-order valence-corrected chi connectivity index (χ2v) is 4.73. The van der Waals surface area contributed by atoms with Crippen LogP contribution in [0.25, 0.3) is 0 Å². The molecule has 0 amide bonds. The molecule has 1 aromatic carbocycles. The molecular formula is C15H22N2O2.